The SMILES string of the molecule is C[C@@H](C(=O)Nc1ccc2c(c1)CC1(C2)C(=O)Nc2ncccc21)N(Cc1ccccc1C=O)C(=O)C(C)(C)C. The van der Waals surface area contributed by atoms with Crippen LogP contribution in [0.5, 0.6) is 0 Å². The fraction of sp³-hybridized carbons (Fsp3) is 0.323. The summed E-state index contributed by atoms with van der Waals surface area (Å²) in [5.74, 6) is 0.0224. The van der Waals surface area contributed by atoms with E-state index in [9.17, 15) is 19.2 Å². The highest BCUT2D eigenvalue weighted by atomic mass is 16.2. The quantitative estimate of drug-likeness (QED) is 0.468. The number of carbonyl (C=O) groups is 4. The Morgan fingerprint density at radius 3 is 2.59 bits per heavy atom. The summed E-state index contributed by atoms with van der Waals surface area (Å²) in [5, 5.41) is 5.88. The molecular weight excluding hydrogens is 492 g/mol. The normalized spacial score (nSPS) is 18.2. The first-order chi connectivity index (χ1) is 18.5. The van der Waals surface area contributed by atoms with Crippen LogP contribution in [0, 0.1) is 5.41 Å². The number of pyridine rings is 1. The van der Waals surface area contributed by atoms with Crippen molar-refractivity contribution in [1.82, 2.24) is 9.88 Å². The number of hydrogen-bond acceptors (Lipinski definition) is 5. The number of nitrogens with zero attached hydrogens (tertiary/aromatic N) is 2. The summed E-state index contributed by atoms with van der Waals surface area (Å²) < 4.78 is 0. The molecule has 0 bridgehead atoms. The third-order valence-electron chi connectivity index (χ3n) is 7.72. The Kier molecular flexibility index (Phi) is 6.58. The van der Waals surface area contributed by atoms with Crippen molar-refractivity contribution in [3.63, 3.8) is 0 Å². The van der Waals surface area contributed by atoms with Crippen LogP contribution < -0.4 is 10.6 Å². The van der Waals surface area contributed by atoms with Crippen molar-refractivity contribution in [3.8, 4) is 0 Å². The smallest absolute Gasteiger partial charge is 0.246 e. The largest absolute Gasteiger partial charge is 0.326 e. The predicted molar refractivity (Wildman–Crippen MR) is 148 cm³/mol. The van der Waals surface area contributed by atoms with Gasteiger partial charge in [0.2, 0.25) is 17.7 Å². The minimum absolute atomic E-state index is 0.0569. The lowest BCUT2D eigenvalue weighted by Gasteiger charge is -2.34. The number of rotatable bonds is 6. The monoisotopic (exact) mass is 524 g/mol. The number of benzene rings is 2. The van der Waals surface area contributed by atoms with Crippen LogP contribution in [0.15, 0.2) is 60.8 Å². The van der Waals surface area contributed by atoms with Gasteiger partial charge in [0.1, 0.15) is 18.1 Å². The maximum atomic E-state index is 13.4. The Morgan fingerprint density at radius 1 is 1.10 bits per heavy atom. The molecule has 5 rings (SSSR count). The van der Waals surface area contributed by atoms with E-state index >= 15 is 0 Å². The van der Waals surface area contributed by atoms with Crippen LogP contribution in [0.4, 0.5) is 11.5 Å². The lowest BCUT2D eigenvalue weighted by Crippen LogP contribution is -2.49. The van der Waals surface area contributed by atoms with E-state index in [1.54, 1.807) is 31.3 Å². The summed E-state index contributed by atoms with van der Waals surface area (Å²) in [4.78, 5) is 57.3. The molecule has 2 aromatic carbocycles. The average Bonchev–Trinajstić information content (AvgIpc) is 3.43. The second-order valence-electron chi connectivity index (χ2n) is 11.4. The molecule has 0 radical (unpaired) electrons. The van der Waals surface area contributed by atoms with Crippen LogP contribution in [-0.2, 0) is 39.2 Å². The number of fused-ring (bicyclic) bond motifs is 3. The summed E-state index contributed by atoms with van der Waals surface area (Å²) in [6, 6.07) is 15.7. The van der Waals surface area contributed by atoms with Crippen LogP contribution in [-0.4, -0.2) is 39.9 Å². The van der Waals surface area contributed by atoms with Gasteiger partial charge in [-0.1, -0.05) is 57.2 Å². The standard InChI is InChI=1S/C31H32N4O4/c1-19(35(29(39)30(2,3)4)17-21-8-5-6-9-22(21)18-36)27(37)33-24-12-11-20-15-31(16-23(20)14-24)25-10-7-13-32-26(25)34-28(31)38/h5-14,18-19H,15-17H2,1-4H3,(H,33,37)(H,32,34,38)/t19-,31?/m0/s1. The first-order valence-corrected chi connectivity index (χ1v) is 13.1. The summed E-state index contributed by atoms with van der Waals surface area (Å²) >= 11 is 0. The van der Waals surface area contributed by atoms with Crippen LogP contribution in [0.1, 0.15) is 60.3 Å². The number of nitrogens with one attached hydrogen (secondary N) is 2. The summed E-state index contributed by atoms with van der Waals surface area (Å²) in [5.41, 5.74) is 3.30. The predicted octanol–water partition coefficient (Wildman–Crippen LogP) is 4.28. The summed E-state index contributed by atoms with van der Waals surface area (Å²) in [6.07, 6.45) is 3.52. The molecule has 2 heterocycles. The van der Waals surface area contributed by atoms with Crippen molar-refractivity contribution in [2.24, 2.45) is 5.41 Å². The first kappa shape index (κ1) is 26.3. The lowest BCUT2D eigenvalue weighted by atomic mass is 9.79. The zero-order chi connectivity index (χ0) is 27.9. The topological polar surface area (TPSA) is 108 Å². The minimum atomic E-state index is -0.797. The number of aldehydes is 1. The summed E-state index contributed by atoms with van der Waals surface area (Å²) in [7, 11) is 0. The first-order valence-electron chi connectivity index (χ1n) is 13.1. The number of amides is 3. The molecule has 0 saturated heterocycles. The van der Waals surface area contributed by atoms with Gasteiger partial charge < -0.3 is 15.5 Å². The van der Waals surface area contributed by atoms with Crippen LogP contribution in [0.25, 0.3) is 0 Å². The van der Waals surface area contributed by atoms with Crippen molar-refractivity contribution in [2.45, 2.75) is 58.5 Å². The molecular formula is C31H32N4O4. The fourth-order valence-corrected chi connectivity index (χ4v) is 5.53. The van der Waals surface area contributed by atoms with Crippen molar-refractivity contribution in [2.75, 3.05) is 10.6 Å². The van der Waals surface area contributed by atoms with E-state index in [0.717, 1.165) is 23.0 Å². The van der Waals surface area contributed by atoms with Gasteiger partial charge in [-0.15, -0.1) is 0 Å². The van der Waals surface area contributed by atoms with Gasteiger partial charge in [-0.3, -0.25) is 19.2 Å². The Bertz CT molecular complexity index is 1490. The summed E-state index contributed by atoms with van der Waals surface area (Å²) in [6.45, 7) is 7.25. The zero-order valence-corrected chi connectivity index (χ0v) is 22.6. The molecule has 0 fully saturated rings. The molecule has 2 N–H and O–H groups in total. The molecule has 1 aliphatic heterocycles. The highest BCUT2D eigenvalue weighted by molar-refractivity contribution is 6.06. The third-order valence-corrected chi connectivity index (χ3v) is 7.72. The Labute approximate surface area is 227 Å². The van der Waals surface area contributed by atoms with Gasteiger partial charge in [0.05, 0.1) is 5.41 Å². The fourth-order valence-electron chi connectivity index (χ4n) is 5.53. The van der Waals surface area contributed by atoms with E-state index in [-0.39, 0.29) is 24.3 Å². The maximum absolute atomic E-state index is 13.4. The van der Waals surface area contributed by atoms with Gasteiger partial charge in [0.15, 0.2) is 0 Å². The van der Waals surface area contributed by atoms with E-state index in [0.29, 0.717) is 35.5 Å². The second kappa shape index (κ2) is 9.76. The van der Waals surface area contributed by atoms with Gasteiger partial charge in [0, 0.05) is 35.0 Å². The molecule has 3 aromatic rings. The number of carbonyl (C=O) groups excluding carboxylic acids is 4. The molecule has 200 valence electrons. The average molecular weight is 525 g/mol. The van der Waals surface area contributed by atoms with Crippen molar-refractivity contribution >= 4 is 35.5 Å². The Hall–Kier alpha value is -4.33. The van der Waals surface area contributed by atoms with Gasteiger partial charge in [-0.25, -0.2) is 4.98 Å². The molecule has 1 aromatic heterocycles. The molecule has 8 nitrogen and oxygen atoms in total. The molecule has 0 saturated carbocycles. The Balaban J connectivity index is 1.37. The lowest BCUT2D eigenvalue weighted by molar-refractivity contribution is -0.145. The van der Waals surface area contributed by atoms with Gasteiger partial charge in [0.25, 0.3) is 0 Å². The van der Waals surface area contributed by atoms with E-state index in [1.807, 2.05) is 57.2 Å². The van der Waals surface area contributed by atoms with Gasteiger partial charge in [-0.2, -0.15) is 0 Å². The highest BCUT2D eigenvalue weighted by Gasteiger charge is 2.51. The van der Waals surface area contributed by atoms with Crippen molar-refractivity contribution in [1.29, 1.82) is 0 Å². The van der Waals surface area contributed by atoms with Crippen molar-refractivity contribution in [3.05, 3.63) is 88.6 Å². The number of aromatic nitrogens is 1. The Morgan fingerprint density at radius 2 is 1.85 bits per heavy atom. The molecule has 39 heavy (non-hydrogen) atoms. The van der Waals surface area contributed by atoms with Crippen molar-refractivity contribution < 1.29 is 19.2 Å². The van der Waals surface area contributed by atoms with Crippen LogP contribution >= 0.6 is 0 Å². The van der Waals surface area contributed by atoms with Crippen LogP contribution in [0.3, 0.4) is 0 Å². The van der Waals surface area contributed by atoms with Gasteiger partial charge in [-0.05, 0) is 54.7 Å². The second-order valence-corrected chi connectivity index (χ2v) is 11.4. The van der Waals surface area contributed by atoms with E-state index in [4.69, 9.17) is 0 Å². The number of anilines is 2. The van der Waals surface area contributed by atoms with Gasteiger partial charge >= 0.3 is 0 Å². The third kappa shape index (κ3) is 4.71. The molecule has 1 unspecified atom stereocenters. The molecule has 3 amide bonds. The number of hydrogen-bond donors (Lipinski definition) is 2. The molecule has 2 aliphatic rings. The molecule has 1 aliphatic carbocycles. The molecule has 8 heteroatoms. The van der Waals surface area contributed by atoms with E-state index in [2.05, 4.69) is 15.6 Å². The minimum Gasteiger partial charge on any atom is -0.326 e. The van der Waals surface area contributed by atoms with Crippen LogP contribution in [0.2, 0.25) is 0 Å². The maximum Gasteiger partial charge on any atom is 0.246 e. The van der Waals surface area contributed by atoms with E-state index in [1.165, 1.54) is 4.90 Å². The molecule has 1 spiro atoms. The highest BCUT2D eigenvalue weighted by Crippen LogP contribution is 2.47. The zero-order valence-electron chi connectivity index (χ0n) is 22.6. The molecule has 2 atom stereocenters. The van der Waals surface area contributed by atoms with E-state index < -0.39 is 16.9 Å².